The summed E-state index contributed by atoms with van der Waals surface area (Å²) in [5, 5.41) is 42.1. The van der Waals surface area contributed by atoms with Crippen LogP contribution in [-0.4, -0.2) is 118 Å². The Bertz CT molecular complexity index is 3030. The molecule has 2 aromatic carbocycles. The maximum Gasteiger partial charge on any atom is 0.408 e. The second-order valence-corrected chi connectivity index (χ2v) is 19.0. The van der Waals surface area contributed by atoms with Crippen molar-refractivity contribution in [2.45, 2.75) is 71.1 Å². The van der Waals surface area contributed by atoms with Crippen LogP contribution in [0.25, 0.3) is 11.1 Å². The zero-order valence-electron chi connectivity index (χ0n) is 43.2. The van der Waals surface area contributed by atoms with Gasteiger partial charge < -0.3 is 63.8 Å². The molecule has 400 valence electrons. The molecule has 8 rings (SSSR count). The molecule has 2 aliphatic carbocycles. The summed E-state index contributed by atoms with van der Waals surface area (Å²) in [6, 6.07) is 12.7. The van der Waals surface area contributed by atoms with Gasteiger partial charge in [0.15, 0.2) is 40.1 Å². The van der Waals surface area contributed by atoms with E-state index in [-0.39, 0.29) is 37.4 Å². The van der Waals surface area contributed by atoms with E-state index >= 15 is 0 Å². The Balaban J connectivity index is 0.863. The summed E-state index contributed by atoms with van der Waals surface area (Å²) in [5.41, 5.74) is 7.10. The van der Waals surface area contributed by atoms with Crippen molar-refractivity contribution >= 4 is 53.1 Å². The number of carboxylic acid groups (broad SMARTS) is 1. The number of benzene rings is 2. The molecule has 0 saturated carbocycles. The van der Waals surface area contributed by atoms with Gasteiger partial charge in [0, 0.05) is 48.5 Å². The van der Waals surface area contributed by atoms with Gasteiger partial charge in [-0.1, -0.05) is 62.9 Å². The highest BCUT2D eigenvalue weighted by atomic mass is 16.5. The Labute approximate surface area is 440 Å². The first-order chi connectivity index (χ1) is 36.7. The third kappa shape index (κ3) is 12.3. The molecule has 2 aromatic heterocycles. The van der Waals surface area contributed by atoms with Gasteiger partial charge in [0.05, 0.1) is 58.8 Å². The number of ether oxygens (including phenoxy) is 6. The second kappa shape index (κ2) is 24.1. The van der Waals surface area contributed by atoms with Gasteiger partial charge in [-0.2, -0.15) is 4.74 Å². The zero-order chi connectivity index (χ0) is 54.0. The van der Waals surface area contributed by atoms with E-state index < -0.39 is 42.4 Å². The van der Waals surface area contributed by atoms with Crippen LogP contribution in [0.2, 0.25) is 0 Å². The maximum absolute atomic E-state index is 13.7. The number of nitrogens with one attached hydrogen (secondary N) is 3. The highest BCUT2D eigenvalue weighted by molar-refractivity contribution is 5.98. The lowest BCUT2D eigenvalue weighted by Crippen LogP contribution is -2.54. The normalized spacial score (nSPS) is 17.2. The summed E-state index contributed by atoms with van der Waals surface area (Å²) >= 11 is 0. The van der Waals surface area contributed by atoms with E-state index in [2.05, 4.69) is 22.5 Å². The number of fused-ring (bicyclic) bond motifs is 4. The Hall–Kier alpha value is -8.68. The Morgan fingerprint density at radius 2 is 1.34 bits per heavy atom. The number of methoxy groups -OCH3 is 3. The fourth-order valence-corrected chi connectivity index (χ4v) is 9.73. The standard InChI is InChI=1S/C56H63N7O13/c1-7-23-76-56(68)59-51(34(2)3)55(67)58-43(19-22-50(64)65)54(66)57-41-15-9-35(10-16-41)37-13-20-44-39(26-37)28-60-32-48(52(72-5)46(60)30-62(44)69)74-24-8-25-75-49-33-61-29-40-27-38(36-11-17-42(71-4)18-12-36)14-21-45(40)63(70)31-47(61)53(49)73-6/h7,9-18,20-21,30-34,39-40,43,51H,1,8,19,22-29H2,2-6H3,(H4-,57,58,59,64,65,66,67,68,70)/p+1. The van der Waals surface area contributed by atoms with E-state index in [9.17, 15) is 34.7 Å². The molecular formula is C56H64N7O13+. The number of alkyl carbamates (subject to hydrolysis) is 1. The Morgan fingerprint density at radius 1 is 0.776 bits per heavy atom. The van der Waals surface area contributed by atoms with Crippen molar-refractivity contribution in [1.82, 2.24) is 19.8 Å². The van der Waals surface area contributed by atoms with E-state index in [1.807, 2.05) is 82.2 Å². The van der Waals surface area contributed by atoms with Crippen molar-refractivity contribution in [2.75, 3.05) is 46.5 Å². The Kier molecular flexibility index (Phi) is 17.0. The summed E-state index contributed by atoms with van der Waals surface area (Å²) < 4.78 is 40.5. The molecule has 4 unspecified atom stereocenters. The molecule has 20 nitrogen and oxygen atoms in total. The molecule has 76 heavy (non-hydrogen) atoms. The number of amides is 3. The van der Waals surface area contributed by atoms with Crippen LogP contribution in [0.3, 0.4) is 0 Å². The van der Waals surface area contributed by atoms with Gasteiger partial charge in [-0.3, -0.25) is 19.6 Å². The number of hydrogen-bond acceptors (Lipinski definition) is 12. The first kappa shape index (κ1) is 53.6. The summed E-state index contributed by atoms with van der Waals surface area (Å²) in [5.74, 6) is -0.316. The molecule has 4 aromatic rings. The van der Waals surface area contributed by atoms with Crippen LogP contribution in [0, 0.1) is 23.0 Å². The van der Waals surface area contributed by atoms with Crippen LogP contribution in [0.15, 0.2) is 109 Å². The average molecular weight is 1040 g/mol. The minimum Gasteiger partial charge on any atom is -0.618 e. The van der Waals surface area contributed by atoms with Crippen molar-refractivity contribution in [2.24, 2.45) is 17.8 Å². The van der Waals surface area contributed by atoms with Crippen LogP contribution in [0.1, 0.15) is 68.5 Å². The summed E-state index contributed by atoms with van der Waals surface area (Å²) in [6.45, 7) is 8.48. The second-order valence-electron chi connectivity index (χ2n) is 19.0. The van der Waals surface area contributed by atoms with Gasteiger partial charge in [-0.15, -0.1) is 0 Å². The minimum atomic E-state index is -1.23. The van der Waals surface area contributed by atoms with E-state index in [0.29, 0.717) is 78.3 Å². The van der Waals surface area contributed by atoms with Crippen LogP contribution < -0.4 is 39.6 Å². The number of aromatic nitrogens is 2. The molecule has 20 heteroatoms. The number of anilines is 1. The van der Waals surface area contributed by atoms with Crippen LogP contribution in [0.4, 0.5) is 10.5 Å². The van der Waals surface area contributed by atoms with E-state index in [1.54, 1.807) is 46.4 Å². The first-order valence-corrected chi connectivity index (χ1v) is 25.1. The van der Waals surface area contributed by atoms with Gasteiger partial charge in [0.2, 0.25) is 29.9 Å². The number of hydroxylamine groups is 2. The third-order valence-corrected chi connectivity index (χ3v) is 13.6. The molecule has 0 saturated heterocycles. The molecule has 4 atom stereocenters. The Morgan fingerprint density at radius 3 is 1.89 bits per heavy atom. The van der Waals surface area contributed by atoms with E-state index in [0.717, 1.165) is 44.9 Å². The quantitative estimate of drug-likeness (QED) is 0.0173. The molecule has 0 fully saturated rings. The van der Waals surface area contributed by atoms with E-state index in [1.165, 1.54) is 24.1 Å². The smallest absolute Gasteiger partial charge is 0.408 e. The number of carboxylic acids is 1. The van der Waals surface area contributed by atoms with Gasteiger partial charge in [0.1, 0.15) is 24.4 Å². The number of carbonyl (C=O) groups is 4. The monoisotopic (exact) mass is 1040 g/mol. The van der Waals surface area contributed by atoms with Crippen LogP contribution in [0.5, 0.6) is 28.7 Å². The molecule has 0 bridgehead atoms. The van der Waals surface area contributed by atoms with Crippen LogP contribution >= 0.6 is 0 Å². The van der Waals surface area contributed by atoms with Crippen molar-refractivity contribution in [3.8, 4) is 28.7 Å². The first-order valence-electron chi connectivity index (χ1n) is 25.1. The molecule has 4 aliphatic rings. The number of rotatable bonds is 22. The number of allylic oxidation sites excluding steroid dienone is 8. The maximum atomic E-state index is 13.7. The molecule has 2 aliphatic heterocycles. The lowest BCUT2D eigenvalue weighted by atomic mass is 9.87. The van der Waals surface area contributed by atoms with Crippen molar-refractivity contribution in [1.29, 1.82) is 0 Å². The van der Waals surface area contributed by atoms with Crippen molar-refractivity contribution in [3.63, 3.8) is 0 Å². The van der Waals surface area contributed by atoms with E-state index in [4.69, 9.17) is 28.4 Å². The highest BCUT2D eigenvalue weighted by Gasteiger charge is 2.37. The SMILES string of the molecule is C=CCOC(=O)NC(C(=O)NC(CCC(=O)O)C(=O)Nc1ccc(C2=CC=C3C(C2)Cn2cc(OCCCOc4cn5c(c4OC)C=[N+](O)C4=CC=C(c6ccc(OC)cc6)CC4C5)c(OC)c2C=[N+]3[O-])cc1)C(C)C. The lowest BCUT2D eigenvalue weighted by Gasteiger charge is -2.25. The summed E-state index contributed by atoms with van der Waals surface area (Å²) in [4.78, 5) is 50.5. The summed E-state index contributed by atoms with van der Waals surface area (Å²) in [7, 11) is 4.75. The van der Waals surface area contributed by atoms with Crippen molar-refractivity contribution < 1.29 is 67.4 Å². The van der Waals surface area contributed by atoms with Crippen LogP contribution in [-0.2, 0) is 32.2 Å². The molecule has 5 N–H and O–H groups in total. The minimum absolute atomic E-state index is 0.00972. The predicted octanol–water partition coefficient (Wildman–Crippen LogP) is 7.14. The van der Waals surface area contributed by atoms with Crippen molar-refractivity contribution in [3.05, 3.63) is 137 Å². The van der Waals surface area contributed by atoms with Gasteiger partial charge in [0.25, 0.3) is 0 Å². The highest BCUT2D eigenvalue weighted by Crippen LogP contribution is 2.41. The topological polar surface area (TPSA) is 239 Å². The molecule has 0 spiro atoms. The number of hydrogen-bond donors (Lipinski definition) is 5. The van der Waals surface area contributed by atoms with Gasteiger partial charge >= 0.3 is 12.1 Å². The molecule has 3 amide bonds. The largest absolute Gasteiger partial charge is 0.618 e. The predicted molar refractivity (Wildman–Crippen MR) is 282 cm³/mol. The summed E-state index contributed by atoms with van der Waals surface area (Å²) in [6.07, 6.45) is 16.3. The fourth-order valence-electron chi connectivity index (χ4n) is 9.73. The lowest BCUT2D eigenvalue weighted by molar-refractivity contribution is -0.738. The molecule has 0 radical (unpaired) electrons. The zero-order valence-corrected chi connectivity index (χ0v) is 43.2. The number of aliphatic carboxylic acids is 1. The number of nitrogens with zero attached hydrogens (tertiary/aromatic N) is 4. The molecular weight excluding hydrogens is 979 g/mol. The van der Waals surface area contributed by atoms with Gasteiger partial charge in [-0.05, 0) is 71.7 Å². The molecule has 4 heterocycles. The number of carbonyl (C=O) groups excluding carboxylic acids is 3. The fraction of sp³-hybridized carbons (Fsp3) is 0.357. The van der Waals surface area contributed by atoms with Gasteiger partial charge in [-0.25, -0.2) is 4.79 Å². The third-order valence-electron chi connectivity index (χ3n) is 13.6. The average Bonchev–Trinajstić information content (AvgIpc) is 3.82.